The van der Waals surface area contributed by atoms with Gasteiger partial charge in [0.1, 0.15) is 23.1 Å². The summed E-state index contributed by atoms with van der Waals surface area (Å²) in [6.45, 7) is 0. The van der Waals surface area contributed by atoms with Crippen LogP contribution >= 0.6 is 0 Å². The monoisotopic (exact) mass is 262 g/mol. The predicted molar refractivity (Wildman–Crippen MR) is 76.2 cm³/mol. The molecule has 0 unspecified atom stereocenters. The Bertz CT molecular complexity index is 922. The lowest BCUT2D eigenvalue weighted by molar-refractivity contribution is 0.605. The average Bonchev–Trinajstić information content (AvgIpc) is 2.86. The normalized spacial score (nSPS) is 11.2. The molecule has 0 atom stereocenters. The molecule has 0 saturated carbocycles. The van der Waals surface area contributed by atoms with Crippen LogP contribution in [0.2, 0.25) is 0 Å². The molecule has 2 heterocycles. The number of nitrogens with zero attached hydrogens (tertiary/aromatic N) is 2. The van der Waals surface area contributed by atoms with E-state index in [1.807, 2.05) is 54.6 Å². The summed E-state index contributed by atoms with van der Waals surface area (Å²) in [5.74, 6) is 0. The number of rotatable bonds is 1. The van der Waals surface area contributed by atoms with Gasteiger partial charge in [0.15, 0.2) is 0 Å². The Morgan fingerprint density at radius 1 is 0.950 bits per heavy atom. The van der Waals surface area contributed by atoms with E-state index in [2.05, 4.69) is 5.10 Å². The van der Waals surface area contributed by atoms with Crippen molar-refractivity contribution in [3.63, 3.8) is 0 Å². The van der Waals surface area contributed by atoms with E-state index in [1.165, 1.54) is 10.9 Å². The lowest BCUT2D eigenvalue weighted by Gasteiger charge is -1.99. The van der Waals surface area contributed by atoms with Gasteiger partial charge in [-0.2, -0.15) is 9.78 Å². The van der Waals surface area contributed by atoms with Crippen LogP contribution in [-0.4, -0.2) is 9.78 Å². The van der Waals surface area contributed by atoms with E-state index < -0.39 is 0 Å². The van der Waals surface area contributed by atoms with E-state index in [-0.39, 0.29) is 5.56 Å². The molecule has 4 rings (SSSR count). The Hall–Kier alpha value is -2.88. The molecule has 2 aliphatic heterocycles. The van der Waals surface area contributed by atoms with Gasteiger partial charge in [-0.3, -0.25) is 4.79 Å². The fourth-order valence-corrected chi connectivity index (χ4v) is 2.35. The lowest BCUT2D eigenvalue weighted by Crippen LogP contribution is -2.14. The first-order valence-corrected chi connectivity index (χ1v) is 6.29. The van der Waals surface area contributed by atoms with E-state index in [4.69, 9.17) is 4.42 Å². The molecule has 0 amide bonds. The number of para-hydroxylation sites is 2. The average molecular weight is 262 g/mol. The lowest BCUT2D eigenvalue weighted by atomic mass is 10.1. The Labute approximate surface area is 114 Å². The summed E-state index contributed by atoms with van der Waals surface area (Å²) < 4.78 is 6.91. The highest BCUT2D eigenvalue weighted by Gasteiger charge is 2.19. The summed E-state index contributed by atoms with van der Waals surface area (Å²) in [5, 5.41) is 5.30. The Kier molecular flexibility index (Phi) is 2.23. The molecule has 0 aliphatic carbocycles. The van der Waals surface area contributed by atoms with Crippen LogP contribution in [0.15, 0.2) is 70.1 Å². The van der Waals surface area contributed by atoms with Crippen molar-refractivity contribution < 1.29 is 4.42 Å². The van der Waals surface area contributed by atoms with E-state index in [0.717, 1.165) is 16.7 Å². The topological polar surface area (TPSA) is 48.0 Å². The maximum absolute atomic E-state index is 12.4. The minimum atomic E-state index is -0.166. The first-order valence-electron chi connectivity index (χ1n) is 6.29. The fraction of sp³-hybridized carbons (Fsp3) is 0. The van der Waals surface area contributed by atoms with Crippen molar-refractivity contribution in [2.45, 2.75) is 0 Å². The van der Waals surface area contributed by atoms with E-state index in [1.54, 1.807) is 0 Å². The van der Waals surface area contributed by atoms with Gasteiger partial charge >= 0.3 is 0 Å². The zero-order chi connectivity index (χ0) is 13.5. The second-order valence-corrected chi connectivity index (χ2v) is 4.55. The number of fused-ring (bicyclic) bond motifs is 3. The molecule has 0 fully saturated rings. The van der Waals surface area contributed by atoms with Crippen molar-refractivity contribution in [2.24, 2.45) is 0 Å². The highest BCUT2D eigenvalue weighted by Crippen LogP contribution is 2.27. The standard InChI is InChI=1S/C16H10N2O2/c19-16-13-10-20-14-9-5-4-8-12(14)15(13)17-18(16)11-6-2-1-3-7-11/h1-10H. The van der Waals surface area contributed by atoms with E-state index >= 15 is 0 Å². The molecule has 0 N–H and O–H groups in total. The third kappa shape index (κ3) is 1.48. The number of hydrogen-bond donors (Lipinski definition) is 0. The highest BCUT2D eigenvalue weighted by molar-refractivity contribution is 5.91. The molecule has 4 heteroatoms. The molecule has 96 valence electrons. The van der Waals surface area contributed by atoms with Crippen LogP contribution in [-0.2, 0) is 0 Å². The fourth-order valence-electron chi connectivity index (χ4n) is 2.35. The quantitative estimate of drug-likeness (QED) is 0.529. The highest BCUT2D eigenvalue weighted by atomic mass is 16.3. The summed E-state index contributed by atoms with van der Waals surface area (Å²) in [7, 11) is 0. The van der Waals surface area contributed by atoms with Gasteiger partial charge in [-0.1, -0.05) is 30.3 Å². The molecule has 2 aromatic rings. The zero-order valence-corrected chi connectivity index (χ0v) is 10.5. The van der Waals surface area contributed by atoms with Gasteiger partial charge < -0.3 is 4.42 Å². The van der Waals surface area contributed by atoms with Crippen LogP contribution in [0.5, 0.6) is 0 Å². The van der Waals surface area contributed by atoms with Gasteiger partial charge in [-0.05, 0) is 24.3 Å². The molecule has 2 aromatic carbocycles. The van der Waals surface area contributed by atoms with Crippen molar-refractivity contribution in [1.29, 1.82) is 0 Å². The molecule has 0 saturated heterocycles. The number of hydrogen-bond acceptors (Lipinski definition) is 3. The summed E-state index contributed by atoms with van der Waals surface area (Å²) in [4.78, 5) is 12.4. The van der Waals surface area contributed by atoms with Gasteiger partial charge in [0.05, 0.1) is 5.69 Å². The molecule has 20 heavy (non-hydrogen) atoms. The van der Waals surface area contributed by atoms with Crippen LogP contribution in [0.4, 0.5) is 0 Å². The predicted octanol–water partition coefficient (Wildman–Crippen LogP) is 3.08. The Balaban J connectivity index is 2.10. The largest absolute Gasteiger partial charge is 0.463 e. The molecular weight excluding hydrogens is 252 g/mol. The first-order chi connectivity index (χ1) is 9.84. The molecular formula is C16H10N2O2. The second-order valence-electron chi connectivity index (χ2n) is 4.55. The molecule has 0 spiro atoms. The molecule has 0 radical (unpaired) electrons. The van der Waals surface area contributed by atoms with Gasteiger partial charge in [-0.15, -0.1) is 0 Å². The smallest absolute Gasteiger partial charge is 0.284 e. The van der Waals surface area contributed by atoms with Gasteiger partial charge in [-0.25, -0.2) is 0 Å². The molecule has 0 aromatic heterocycles. The van der Waals surface area contributed by atoms with Crippen molar-refractivity contribution in [3.05, 3.63) is 71.2 Å². The number of benzene rings is 2. The number of aromatic nitrogens is 2. The van der Waals surface area contributed by atoms with Crippen LogP contribution < -0.4 is 5.56 Å². The van der Waals surface area contributed by atoms with Gasteiger partial charge in [0, 0.05) is 5.39 Å². The summed E-state index contributed by atoms with van der Waals surface area (Å²) >= 11 is 0. The van der Waals surface area contributed by atoms with Crippen molar-refractivity contribution >= 4 is 11.0 Å². The molecule has 2 aliphatic rings. The maximum Gasteiger partial charge on any atom is 0.284 e. The zero-order valence-electron chi connectivity index (χ0n) is 10.5. The first kappa shape index (κ1) is 11.0. The SMILES string of the molecule is O=c1c2coc3ccccc3c-2nn1-c1ccccc1. The van der Waals surface area contributed by atoms with Crippen LogP contribution in [0.3, 0.4) is 0 Å². The minimum absolute atomic E-state index is 0.166. The van der Waals surface area contributed by atoms with Crippen LogP contribution in [0.1, 0.15) is 0 Å². The van der Waals surface area contributed by atoms with Crippen molar-refractivity contribution in [3.8, 4) is 16.9 Å². The molecule has 0 bridgehead atoms. The third-order valence-electron chi connectivity index (χ3n) is 3.32. The van der Waals surface area contributed by atoms with Crippen molar-refractivity contribution in [2.75, 3.05) is 0 Å². The van der Waals surface area contributed by atoms with Gasteiger partial charge in [0.25, 0.3) is 5.56 Å². The minimum Gasteiger partial charge on any atom is -0.463 e. The second kappa shape index (κ2) is 4.06. The van der Waals surface area contributed by atoms with E-state index in [9.17, 15) is 4.79 Å². The van der Waals surface area contributed by atoms with E-state index in [0.29, 0.717) is 11.3 Å². The summed E-state index contributed by atoms with van der Waals surface area (Å²) in [6.07, 6.45) is 1.48. The third-order valence-corrected chi connectivity index (χ3v) is 3.32. The molecule has 4 nitrogen and oxygen atoms in total. The summed E-state index contributed by atoms with van der Waals surface area (Å²) in [5.41, 5.74) is 2.46. The summed E-state index contributed by atoms with van der Waals surface area (Å²) in [6, 6.07) is 16.9. The maximum atomic E-state index is 12.4. The van der Waals surface area contributed by atoms with Crippen LogP contribution in [0.25, 0.3) is 27.9 Å². The van der Waals surface area contributed by atoms with Gasteiger partial charge in [0.2, 0.25) is 0 Å². The Morgan fingerprint density at radius 2 is 1.70 bits per heavy atom. The van der Waals surface area contributed by atoms with Crippen LogP contribution in [0, 0.1) is 0 Å². The van der Waals surface area contributed by atoms with Crippen molar-refractivity contribution in [1.82, 2.24) is 9.78 Å². The Morgan fingerprint density at radius 3 is 2.55 bits per heavy atom.